The first kappa shape index (κ1) is 23.3. The fraction of sp³-hybridized carbons (Fsp3) is 0.636. The normalized spacial score (nSPS) is 24.3. The van der Waals surface area contributed by atoms with Crippen LogP contribution in [-0.4, -0.2) is 111 Å². The lowest BCUT2D eigenvalue weighted by Gasteiger charge is -2.37. The van der Waals surface area contributed by atoms with Crippen LogP contribution in [0.4, 0.5) is 4.79 Å². The first-order valence-electron chi connectivity index (χ1n) is 11.7. The zero-order valence-corrected chi connectivity index (χ0v) is 20.2. The maximum Gasteiger partial charge on any atom is 0.326 e. The lowest BCUT2D eigenvalue weighted by atomic mass is 9.88. The van der Waals surface area contributed by atoms with E-state index in [1.165, 1.54) is 15.3 Å². The van der Waals surface area contributed by atoms with Gasteiger partial charge in [-0.25, -0.2) is 18.1 Å². The lowest BCUT2D eigenvalue weighted by molar-refractivity contribution is -0.134. The van der Waals surface area contributed by atoms with Crippen LogP contribution in [0.5, 0.6) is 11.5 Å². The summed E-state index contributed by atoms with van der Waals surface area (Å²) in [5, 5.41) is 2.92. The van der Waals surface area contributed by atoms with E-state index in [1.54, 1.807) is 12.1 Å². The van der Waals surface area contributed by atoms with Crippen molar-refractivity contribution in [2.45, 2.75) is 29.7 Å². The number of piperidine rings is 1. The van der Waals surface area contributed by atoms with Crippen LogP contribution in [0.15, 0.2) is 23.1 Å². The molecule has 186 valence electrons. The molecule has 1 spiro atoms. The first-order valence-corrected chi connectivity index (χ1v) is 13.2. The van der Waals surface area contributed by atoms with Crippen LogP contribution in [-0.2, 0) is 14.8 Å². The number of fused-ring (bicyclic) bond motifs is 1. The highest BCUT2D eigenvalue weighted by Crippen LogP contribution is 2.33. The van der Waals surface area contributed by atoms with Gasteiger partial charge in [0.1, 0.15) is 5.54 Å². The van der Waals surface area contributed by atoms with E-state index in [0.717, 1.165) is 19.5 Å². The summed E-state index contributed by atoms with van der Waals surface area (Å²) >= 11 is 0. The second-order valence-electron chi connectivity index (χ2n) is 9.37. The van der Waals surface area contributed by atoms with Crippen molar-refractivity contribution in [3.05, 3.63) is 18.2 Å². The Labute approximate surface area is 199 Å². The number of rotatable bonds is 4. The quantitative estimate of drug-likeness (QED) is 0.589. The zero-order chi connectivity index (χ0) is 23.9. The highest BCUT2D eigenvalue weighted by Gasteiger charge is 2.52. The largest absolute Gasteiger partial charge is 0.490 e. The summed E-state index contributed by atoms with van der Waals surface area (Å²) in [5.41, 5.74) is -0.800. The molecule has 0 bridgehead atoms. The van der Waals surface area contributed by atoms with Gasteiger partial charge in [0.25, 0.3) is 5.91 Å². The van der Waals surface area contributed by atoms with Crippen LogP contribution in [0.3, 0.4) is 0 Å². The van der Waals surface area contributed by atoms with Gasteiger partial charge in [-0.05, 0) is 32.0 Å². The molecule has 4 aliphatic rings. The van der Waals surface area contributed by atoms with Crippen LogP contribution in [0.2, 0.25) is 0 Å². The van der Waals surface area contributed by atoms with E-state index < -0.39 is 15.6 Å². The number of benzene rings is 1. The second-order valence-corrected chi connectivity index (χ2v) is 11.3. The Bertz CT molecular complexity index is 1060. The highest BCUT2D eigenvalue weighted by atomic mass is 32.2. The predicted octanol–water partition coefficient (Wildman–Crippen LogP) is 0.128. The number of imide groups is 1. The summed E-state index contributed by atoms with van der Waals surface area (Å²) in [6, 6.07) is 4.34. The third-order valence-corrected chi connectivity index (χ3v) is 9.01. The van der Waals surface area contributed by atoms with Crippen molar-refractivity contribution in [2.24, 2.45) is 0 Å². The number of ether oxygens (including phenoxy) is 2. The Balaban J connectivity index is 1.21. The van der Waals surface area contributed by atoms with Crippen molar-refractivity contribution in [3.8, 4) is 11.5 Å². The summed E-state index contributed by atoms with van der Waals surface area (Å²) in [7, 11) is -1.69. The predicted molar refractivity (Wildman–Crippen MR) is 122 cm³/mol. The smallest absolute Gasteiger partial charge is 0.326 e. The van der Waals surface area contributed by atoms with Gasteiger partial charge >= 0.3 is 6.03 Å². The lowest BCUT2D eigenvalue weighted by Crippen LogP contribution is -2.55. The fourth-order valence-electron chi connectivity index (χ4n) is 4.91. The minimum Gasteiger partial charge on any atom is -0.490 e. The van der Waals surface area contributed by atoms with Crippen LogP contribution in [0, 0.1) is 0 Å². The molecule has 1 N–H and O–H groups in total. The van der Waals surface area contributed by atoms with Crippen LogP contribution < -0.4 is 14.8 Å². The minimum atomic E-state index is -3.70. The number of likely N-dealkylation sites (tertiary alicyclic amines) is 1. The van der Waals surface area contributed by atoms with E-state index in [0.29, 0.717) is 50.6 Å². The molecule has 0 radical (unpaired) electrons. The van der Waals surface area contributed by atoms with Gasteiger partial charge in [-0.1, -0.05) is 0 Å². The average molecular weight is 494 g/mol. The standard InChI is InChI=1S/C22H31N5O6S/c1-24-7-5-22(6-8-24)20(28)27(21(29)23-22)16-25-9-11-26(12-10-25)34(30,31)17-3-4-18-19(15-17)33-14-2-13-32-18/h3-4,15H,2,5-14,16H2,1H3,(H,23,29). The van der Waals surface area contributed by atoms with Gasteiger partial charge in [0.2, 0.25) is 10.0 Å². The molecule has 0 atom stereocenters. The van der Waals surface area contributed by atoms with E-state index in [9.17, 15) is 18.0 Å². The van der Waals surface area contributed by atoms with E-state index in [2.05, 4.69) is 10.2 Å². The highest BCUT2D eigenvalue weighted by molar-refractivity contribution is 7.89. The van der Waals surface area contributed by atoms with Gasteiger partial charge in [-0.15, -0.1) is 0 Å². The molecule has 0 unspecified atom stereocenters. The molecule has 5 rings (SSSR count). The third kappa shape index (κ3) is 4.23. The third-order valence-electron chi connectivity index (χ3n) is 7.12. The minimum absolute atomic E-state index is 0.167. The van der Waals surface area contributed by atoms with E-state index in [-0.39, 0.29) is 36.6 Å². The molecular weight excluding hydrogens is 462 g/mol. The molecule has 1 aromatic carbocycles. The second kappa shape index (κ2) is 8.99. The Kier molecular flexibility index (Phi) is 6.17. The number of piperazine rings is 1. The summed E-state index contributed by atoms with van der Waals surface area (Å²) in [4.78, 5) is 31.2. The molecule has 11 nitrogen and oxygen atoms in total. The Morgan fingerprint density at radius 1 is 0.971 bits per heavy atom. The molecule has 4 aliphatic heterocycles. The van der Waals surface area contributed by atoms with Crippen LogP contribution in [0.25, 0.3) is 0 Å². The topological polar surface area (TPSA) is 112 Å². The van der Waals surface area contributed by atoms with E-state index >= 15 is 0 Å². The van der Waals surface area contributed by atoms with Gasteiger partial charge < -0.3 is 19.7 Å². The summed E-state index contributed by atoms with van der Waals surface area (Å²) < 4.78 is 39.1. The molecule has 3 fully saturated rings. The average Bonchev–Trinajstić information content (AvgIpc) is 2.99. The van der Waals surface area contributed by atoms with Crippen LogP contribution >= 0.6 is 0 Å². The number of sulfonamides is 1. The van der Waals surface area contributed by atoms with Gasteiger partial charge in [0.15, 0.2) is 11.5 Å². The number of carbonyl (C=O) groups excluding carboxylic acids is 2. The molecule has 12 heteroatoms. The number of nitrogens with one attached hydrogen (secondary N) is 1. The number of nitrogens with zero attached hydrogens (tertiary/aromatic N) is 4. The van der Waals surface area contributed by atoms with Gasteiger partial charge in [-0.3, -0.25) is 9.69 Å². The number of amides is 3. The Hall–Kier alpha value is -2.41. The number of carbonyl (C=O) groups is 2. The number of hydrogen-bond acceptors (Lipinski definition) is 8. The van der Waals surface area contributed by atoms with Crippen molar-refractivity contribution in [1.29, 1.82) is 0 Å². The van der Waals surface area contributed by atoms with Crippen molar-refractivity contribution in [3.63, 3.8) is 0 Å². The van der Waals surface area contributed by atoms with Crippen molar-refractivity contribution in [2.75, 3.05) is 66.2 Å². The van der Waals surface area contributed by atoms with Crippen LogP contribution in [0.1, 0.15) is 19.3 Å². The first-order chi connectivity index (χ1) is 16.3. The van der Waals surface area contributed by atoms with Gasteiger partial charge in [0, 0.05) is 51.8 Å². The van der Waals surface area contributed by atoms with Gasteiger partial charge in [-0.2, -0.15) is 4.31 Å². The van der Waals surface area contributed by atoms with Crippen molar-refractivity contribution < 1.29 is 27.5 Å². The molecule has 0 saturated carbocycles. The van der Waals surface area contributed by atoms with Gasteiger partial charge in [0.05, 0.1) is 24.8 Å². The SMILES string of the molecule is CN1CCC2(CC1)NC(=O)N(CN1CCN(S(=O)(=O)c3ccc4c(c3)OCCCO4)CC1)C2=O. The molecule has 34 heavy (non-hydrogen) atoms. The molecular formula is C22H31N5O6S. The monoisotopic (exact) mass is 493 g/mol. The zero-order valence-electron chi connectivity index (χ0n) is 19.4. The van der Waals surface area contributed by atoms with E-state index in [1.807, 2.05) is 11.9 Å². The Morgan fingerprint density at radius 2 is 1.65 bits per heavy atom. The molecule has 0 aliphatic carbocycles. The number of urea groups is 1. The molecule has 3 amide bonds. The summed E-state index contributed by atoms with van der Waals surface area (Å²) in [6.45, 7) is 4.11. The summed E-state index contributed by atoms with van der Waals surface area (Å²) in [5.74, 6) is 0.823. The maximum absolute atomic E-state index is 13.2. The Morgan fingerprint density at radius 3 is 2.35 bits per heavy atom. The summed E-state index contributed by atoms with van der Waals surface area (Å²) in [6.07, 6.45) is 1.95. The fourth-order valence-corrected chi connectivity index (χ4v) is 6.35. The molecule has 3 saturated heterocycles. The maximum atomic E-state index is 13.2. The molecule has 1 aromatic rings. The van der Waals surface area contributed by atoms with Crippen molar-refractivity contribution in [1.82, 2.24) is 24.3 Å². The molecule has 4 heterocycles. The molecule has 0 aromatic heterocycles. The number of hydrogen-bond donors (Lipinski definition) is 1. The van der Waals surface area contributed by atoms with E-state index in [4.69, 9.17) is 9.47 Å². The van der Waals surface area contributed by atoms with Crippen molar-refractivity contribution >= 4 is 22.0 Å².